The predicted octanol–water partition coefficient (Wildman–Crippen LogP) is 4.86. The van der Waals surface area contributed by atoms with Crippen LogP contribution in [0.2, 0.25) is 0 Å². The van der Waals surface area contributed by atoms with E-state index in [0.29, 0.717) is 5.82 Å². The number of pyridine rings is 2. The summed E-state index contributed by atoms with van der Waals surface area (Å²) in [5, 5.41) is 3.92. The summed E-state index contributed by atoms with van der Waals surface area (Å²) in [6, 6.07) is 16.3. The average molecular weight is 369 g/mol. The molecule has 0 aliphatic carbocycles. The Kier molecular flexibility index (Phi) is 3.58. The third-order valence-corrected chi connectivity index (χ3v) is 5.51. The second-order valence-corrected chi connectivity index (χ2v) is 7.20. The molecular formula is C21H15N5S. The fourth-order valence-corrected chi connectivity index (χ4v) is 4.17. The molecule has 0 saturated heterocycles. The molecule has 0 spiro atoms. The van der Waals surface area contributed by atoms with Gasteiger partial charge in [-0.2, -0.15) is 0 Å². The molecule has 5 rings (SSSR count). The fraction of sp³-hybridized carbons (Fsp3) is 0.0476. The fourth-order valence-electron chi connectivity index (χ4n) is 3.26. The zero-order valence-corrected chi connectivity index (χ0v) is 15.4. The van der Waals surface area contributed by atoms with E-state index in [0.717, 1.165) is 49.3 Å². The van der Waals surface area contributed by atoms with Crippen LogP contribution in [-0.4, -0.2) is 19.9 Å². The number of rotatable bonds is 2. The SMILES string of the molecule is Cc1cc(-c2ccccc2)nc2nc(-c3csc4ncnc(N)c34)ccc12. The van der Waals surface area contributed by atoms with E-state index in [-0.39, 0.29) is 0 Å². The van der Waals surface area contributed by atoms with Gasteiger partial charge in [0.2, 0.25) is 0 Å². The molecule has 4 heterocycles. The van der Waals surface area contributed by atoms with Crippen molar-refractivity contribution in [2.45, 2.75) is 6.92 Å². The summed E-state index contributed by atoms with van der Waals surface area (Å²) in [7, 11) is 0. The number of thiophene rings is 1. The zero-order valence-electron chi connectivity index (χ0n) is 14.5. The number of aryl methyl sites for hydroxylation is 1. The van der Waals surface area contributed by atoms with Gasteiger partial charge in [-0.3, -0.25) is 0 Å². The molecule has 0 amide bonds. The Labute approximate surface area is 159 Å². The van der Waals surface area contributed by atoms with Crippen molar-refractivity contribution in [3.8, 4) is 22.5 Å². The van der Waals surface area contributed by atoms with E-state index in [1.165, 1.54) is 17.7 Å². The number of aromatic nitrogens is 4. The van der Waals surface area contributed by atoms with Crippen molar-refractivity contribution in [1.29, 1.82) is 0 Å². The summed E-state index contributed by atoms with van der Waals surface area (Å²) in [6.07, 6.45) is 1.49. The number of nitrogens with two attached hydrogens (primary N) is 1. The minimum absolute atomic E-state index is 0.473. The highest BCUT2D eigenvalue weighted by molar-refractivity contribution is 7.17. The van der Waals surface area contributed by atoms with Crippen molar-refractivity contribution >= 4 is 38.4 Å². The van der Waals surface area contributed by atoms with Crippen molar-refractivity contribution in [2.75, 3.05) is 5.73 Å². The molecule has 27 heavy (non-hydrogen) atoms. The molecule has 0 fully saturated rings. The third kappa shape index (κ3) is 2.62. The lowest BCUT2D eigenvalue weighted by Crippen LogP contribution is -1.95. The maximum Gasteiger partial charge on any atom is 0.160 e. The van der Waals surface area contributed by atoms with Gasteiger partial charge in [-0.25, -0.2) is 19.9 Å². The van der Waals surface area contributed by atoms with Gasteiger partial charge in [0.05, 0.1) is 16.8 Å². The van der Waals surface area contributed by atoms with E-state index in [2.05, 4.69) is 41.2 Å². The molecule has 0 unspecified atom stereocenters. The molecular weight excluding hydrogens is 354 g/mol. The average Bonchev–Trinajstić information content (AvgIpc) is 3.14. The Morgan fingerprint density at radius 2 is 1.74 bits per heavy atom. The van der Waals surface area contributed by atoms with E-state index < -0.39 is 0 Å². The Balaban J connectivity index is 1.73. The lowest BCUT2D eigenvalue weighted by atomic mass is 10.1. The maximum absolute atomic E-state index is 6.09. The highest BCUT2D eigenvalue weighted by Gasteiger charge is 2.14. The first-order chi connectivity index (χ1) is 13.2. The number of hydrogen-bond donors (Lipinski definition) is 1. The van der Waals surface area contributed by atoms with Crippen LogP contribution in [0.4, 0.5) is 5.82 Å². The molecule has 0 atom stereocenters. The van der Waals surface area contributed by atoms with Gasteiger partial charge in [0.25, 0.3) is 0 Å². The topological polar surface area (TPSA) is 77.6 Å². The number of nitrogen functional groups attached to an aromatic ring is 1. The largest absolute Gasteiger partial charge is 0.383 e. The highest BCUT2D eigenvalue weighted by atomic mass is 32.1. The van der Waals surface area contributed by atoms with E-state index in [1.807, 2.05) is 29.6 Å². The molecule has 130 valence electrons. The molecule has 1 aromatic carbocycles. The van der Waals surface area contributed by atoms with Crippen LogP contribution < -0.4 is 5.73 Å². The van der Waals surface area contributed by atoms with Crippen LogP contribution in [0.1, 0.15) is 5.56 Å². The number of nitrogens with zero attached hydrogens (tertiary/aromatic N) is 4. The molecule has 0 aliphatic heterocycles. The third-order valence-electron chi connectivity index (χ3n) is 4.62. The lowest BCUT2D eigenvalue weighted by molar-refractivity contribution is 1.24. The first kappa shape index (κ1) is 15.8. The van der Waals surface area contributed by atoms with E-state index in [4.69, 9.17) is 15.7 Å². The van der Waals surface area contributed by atoms with Gasteiger partial charge in [0.15, 0.2) is 5.65 Å². The standard InChI is InChI=1S/C21H15N5S/c1-12-9-17(13-5-3-2-4-6-13)26-20-14(12)7-8-16(25-20)15-10-27-21-18(15)19(22)23-11-24-21/h2-11H,1H3,(H2,22,23,24). The summed E-state index contributed by atoms with van der Waals surface area (Å²) in [5.41, 5.74) is 11.7. The van der Waals surface area contributed by atoms with Crippen LogP contribution in [0, 0.1) is 6.92 Å². The normalized spacial score (nSPS) is 11.3. The number of hydrogen-bond acceptors (Lipinski definition) is 6. The van der Waals surface area contributed by atoms with Crippen LogP contribution in [0.3, 0.4) is 0 Å². The molecule has 0 saturated carbocycles. The van der Waals surface area contributed by atoms with Crippen molar-refractivity contribution in [3.05, 3.63) is 65.8 Å². The second kappa shape index (κ2) is 6.10. The van der Waals surface area contributed by atoms with Gasteiger partial charge in [0, 0.05) is 21.9 Å². The molecule has 4 aromatic heterocycles. The van der Waals surface area contributed by atoms with Gasteiger partial charge in [0.1, 0.15) is 17.0 Å². The van der Waals surface area contributed by atoms with Crippen LogP contribution in [0.25, 0.3) is 43.8 Å². The number of anilines is 1. The summed E-state index contributed by atoms with van der Waals surface area (Å²) in [4.78, 5) is 18.9. The molecule has 5 nitrogen and oxygen atoms in total. The van der Waals surface area contributed by atoms with Crippen LogP contribution in [0.5, 0.6) is 0 Å². The summed E-state index contributed by atoms with van der Waals surface area (Å²) in [5.74, 6) is 0.473. The van der Waals surface area contributed by atoms with Gasteiger partial charge in [-0.1, -0.05) is 30.3 Å². The van der Waals surface area contributed by atoms with Gasteiger partial charge < -0.3 is 5.73 Å². The van der Waals surface area contributed by atoms with Crippen molar-refractivity contribution in [1.82, 2.24) is 19.9 Å². The minimum Gasteiger partial charge on any atom is -0.383 e. The predicted molar refractivity (Wildman–Crippen MR) is 111 cm³/mol. The van der Waals surface area contributed by atoms with Crippen molar-refractivity contribution < 1.29 is 0 Å². The molecule has 5 aromatic rings. The van der Waals surface area contributed by atoms with E-state index in [9.17, 15) is 0 Å². The van der Waals surface area contributed by atoms with Crippen LogP contribution in [0.15, 0.2) is 60.2 Å². The Bertz CT molecular complexity index is 1290. The minimum atomic E-state index is 0.473. The lowest BCUT2D eigenvalue weighted by Gasteiger charge is -2.08. The molecule has 0 radical (unpaired) electrons. The highest BCUT2D eigenvalue weighted by Crippen LogP contribution is 2.35. The van der Waals surface area contributed by atoms with Gasteiger partial charge in [-0.05, 0) is 30.7 Å². The van der Waals surface area contributed by atoms with Crippen LogP contribution >= 0.6 is 11.3 Å². The van der Waals surface area contributed by atoms with Gasteiger partial charge in [-0.15, -0.1) is 11.3 Å². The number of benzene rings is 1. The Morgan fingerprint density at radius 1 is 0.926 bits per heavy atom. The first-order valence-corrected chi connectivity index (χ1v) is 9.40. The van der Waals surface area contributed by atoms with E-state index in [1.54, 1.807) is 0 Å². The Morgan fingerprint density at radius 3 is 2.59 bits per heavy atom. The quantitative estimate of drug-likeness (QED) is 0.481. The maximum atomic E-state index is 6.09. The zero-order chi connectivity index (χ0) is 18.4. The molecule has 0 bridgehead atoms. The first-order valence-electron chi connectivity index (χ1n) is 8.52. The molecule has 6 heteroatoms. The number of fused-ring (bicyclic) bond motifs is 2. The Hall–Kier alpha value is -3.38. The monoisotopic (exact) mass is 369 g/mol. The smallest absolute Gasteiger partial charge is 0.160 e. The summed E-state index contributed by atoms with van der Waals surface area (Å²) < 4.78 is 0. The van der Waals surface area contributed by atoms with Crippen LogP contribution in [-0.2, 0) is 0 Å². The molecule has 2 N–H and O–H groups in total. The van der Waals surface area contributed by atoms with Crippen molar-refractivity contribution in [3.63, 3.8) is 0 Å². The van der Waals surface area contributed by atoms with Gasteiger partial charge >= 0.3 is 0 Å². The summed E-state index contributed by atoms with van der Waals surface area (Å²) >= 11 is 1.54. The second-order valence-electron chi connectivity index (χ2n) is 6.35. The molecule has 0 aliphatic rings. The van der Waals surface area contributed by atoms with Crippen molar-refractivity contribution in [2.24, 2.45) is 0 Å². The van der Waals surface area contributed by atoms with E-state index >= 15 is 0 Å². The summed E-state index contributed by atoms with van der Waals surface area (Å²) in [6.45, 7) is 2.09.